The van der Waals surface area contributed by atoms with Crippen molar-refractivity contribution in [1.82, 2.24) is 14.4 Å². The first-order valence-electron chi connectivity index (χ1n) is 11.2. The third-order valence-corrected chi connectivity index (χ3v) is 6.46. The van der Waals surface area contributed by atoms with Crippen LogP contribution in [0.5, 0.6) is 5.75 Å². The monoisotopic (exact) mass is 480 g/mol. The molecule has 3 heterocycles. The van der Waals surface area contributed by atoms with Gasteiger partial charge in [0.1, 0.15) is 18.0 Å². The molecule has 5 rings (SSSR count). The molecular formula is C28H24N4O2S. The maximum absolute atomic E-state index is 12.8. The number of pyridine rings is 2. The maximum Gasteiger partial charge on any atom is 0.255 e. The standard InChI is InChI=1S/C28H24N4O2S/c1-20-7-12-27-30-24(17-32(27)16-20)18-34-25-6-2-5-22(14-25)28(33)31-23-8-10-26(11-9-23)35-19-21-4-3-13-29-15-21/h2-17H,18-19H2,1H3,(H,31,33). The topological polar surface area (TPSA) is 68.5 Å². The summed E-state index contributed by atoms with van der Waals surface area (Å²) in [5.41, 5.74) is 5.32. The lowest BCUT2D eigenvalue weighted by atomic mass is 10.2. The number of hydrogen-bond acceptors (Lipinski definition) is 5. The first-order chi connectivity index (χ1) is 17.1. The summed E-state index contributed by atoms with van der Waals surface area (Å²) in [5, 5.41) is 2.95. The minimum Gasteiger partial charge on any atom is -0.487 e. The summed E-state index contributed by atoms with van der Waals surface area (Å²) in [6, 6.07) is 23.0. The van der Waals surface area contributed by atoms with E-state index in [1.807, 2.05) is 84.5 Å². The zero-order valence-corrected chi connectivity index (χ0v) is 20.0. The first kappa shape index (κ1) is 22.7. The fourth-order valence-corrected chi connectivity index (χ4v) is 4.43. The van der Waals surface area contributed by atoms with Crippen molar-refractivity contribution in [3.63, 3.8) is 0 Å². The van der Waals surface area contributed by atoms with Gasteiger partial charge in [-0.05, 0) is 72.6 Å². The van der Waals surface area contributed by atoms with Crippen LogP contribution in [0.2, 0.25) is 0 Å². The van der Waals surface area contributed by atoms with E-state index in [0.29, 0.717) is 17.9 Å². The van der Waals surface area contributed by atoms with Crippen molar-refractivity contribution >= 4 is 29.0 Å². The van der Waals surface area contributed by atoms with Crippen LogP contribution >= 0.6 is 11.8 Å². The van der Waals surface area contributed by atoms with E-state index in [1.54, 1.807) is 30.1 Å². The van der Waals surface area contributed by atoms with E-state index in [9.17, 15) is 4.79 Å². The number of aryl methyl sites for hydroxylation is 1. The zero-order chi connectivity index (χ0) is 24.0. The van der Waals surface area contributed by atoms with Gasteiger partial charge in [0, 0.05) is 46.7 Å². The van der Waals surface area contributed by atoms with Gasteiger partial charge in [-0.1, -0.05) is 18.2 Å². The van der Waals surface area contributed by atoms with Crippen molar-refractivity contribution in [2.24, 2.45) is 0 Å². The van der Waals surface area contributed by atoms with Crippen LogP contribution in [0.3, 0.4) is 0 Å². The van der Waals surface area contributed by atoms with Gasteiger partial charge >= 0.3 is 0 Å². The Kier molecular flexibility index (Phi) is 6.77. The van der Waals surface area contributed by atoms with Gasteiger partial charge in [-0.15, -0.1) is 11.8 Å². The van der Waals surface area contributed by atoms with Crippen molar-refractivity contribution in [2.45, 2.75) is 24.2 Å². The minimum absolute atomic E-state index is 0.186. The Bertz CT molecular complexity index is 1450. The van der Waals surface area contributed by atoms with E-state index in [4.69, 9.17) is 4.74 Å². The summed E-state index contributed by atoms with van der Waals surface area (Å²) in [4.78, 5) is 22.6. The molecule has 0 saturated heterocycles. The van der Waals surface area contributed by atoms with Crippen LogP contribution in [0.4, 0.5) is 5.69 Å². The predicted molar refractivity (Wildman–Crippen MR) is 139 cm³/mol. The van der Waals surface area contributed by atoms with Crippen molar-refractivity contribution in [2.75, 3.05) is 5.32 Å². The highest BCUT2D eigenvalue weighted by atomic mass is 32.2. The fourth-order valence-electron chi connectivity index (χ4n) is 3.60. The molecule has 1 N–H and O–H groups in total. The second-order valence-corrected chi connectivity index (χ2v) is 9.20. The quantitative estimate of drug-likeness (QED) is 0.269. The number of nitrogens with zero attached hydrogens (tertiary/aromatic N) is 3. The summed E-state index contributed by atoms with van der Waals surface area (Å²) < 4.78 is 7.90. The van der Waals surface area contributed by atoms with E-state index in [-0.39, 0.29) is 5.91 Å². The Hall–Kier alpha value is -4.10. The number of hydrogen-bond donors (Lipinski definition) is 1. The Balaban J connectivity index is 1.17. The number of imidazole rings is 1. The van der Waals surface area contributed by atoms with Crippen molar-refractivity contribution in [3.8, 4) is 5.75 Å². The molecule has 0 radical (unpaired) electrons. The van der Waals surface area contributed by atoms with E-state index in [2.05, 4.69) is 21.4 Å². The molecule has 0 aliphatic heterocycles. The Morgan fingerprint density at radius 2 is 1.91 bits per heavy atom. The number of anilines is 1. The lowest BCUT2D eigenvalue weighted by Gasteiger charge is -2.09. The molecule has 0 fully saturated rings. The normalized spacial score (nSPS) is 10.9. The number of carbonyl (C=O) groups excluding carboxylic acids is 1. The molecule has 1 amide bonds. The molecule has 0 saturated carbocycles. The molecule has 3 aromatic heterocycles. The lowest BCUT2D eigenvalue weighted by molar-refractivity contribution is 0.102. The third kappa shape index (κ3) is 5.88. The van der Waals surface area contributed by atoms with E-state index in [0.717, 1.165) is 27.7 Å². The molecule has 0 aliphatic carbocycles. The minimum atomic E-state index is -0.186. The number of benzene rings is 2. The van der Waals surface area contributed by atoms with Gasteiger partial charge in [0.15, 0.2) is 0 Å². The second kappa shape index (κ2) is 10.4. The van der Waals surface area contributed by atoms with E-state index in [1.165, 1.54) is 11.1 Å². The molecule has 174 valence electrons. The summed E-state index contributed by atoms with van der Waals surface area (Å²) >= 11 is 1.73. The average Bonchev–Trinajstić information content (AvgIpc) is 3.30. The number of carbonyl (C=O) groups is 1. The highest BCUT2D eigenvalue weighted by molar-refractivity contribution is 7.98. The van der Waals surface area contributed by atoms with Crippen LogP contribution in [0.1, 0.15) is 27.2 Å². The molecule has 6 nitrogen and oxygen atoms in total. The van der Waals surface area contributed by atoms with Crippen LogP contribution in [0, 0.1) is 6.92 Å². The molecule has 7 heteroatoms. The van der Waals surface area contributed by atoms with Crippen LogP contribution in [-0.2, 0) is 12.4 Å². The molecule has 0 aliphatic rings. The van der Waals surface area contributed by atoms with E-state index < -0.39 is 0 Å². The molecule has 35 heavy (non-hydrogen) atoms. The summed E-state index contributed by atoms with van der Waals surface area (Å²) in [6.07, 6.45) is 7.63. The molecule has 0 bridgehead atoms. The van der Waals surface area contributed by atoms with Crippen LogP contribution in [-0.4, -0.2) is 20.3 Å². The number of nitrogens with one attached hydrogen (secondary N) is 1. The fraction of sp³-hybridized carbons (Fsp3) is 0.107. The van der Waals surface area contributed by atoms with Gasteiger partial charge in [-0.25, -0.2) is 4.98 Å². The Labute approximate surface area is 208 Å². The number of thioether (sulfide) groups is 1. The van der Waals surface area contributed by atoms with Gasteiger partial charge < -0.3 is 14.5 Å². The molecule has 5 aromatic rings. The number of fused-ring (bicyclic) bond motifs is 1. The van der Waals surface area contributed by atoms with Crippen molar-refractivity contribution in [1.29, 1.82) is 0 Å². The van der Waals surface area contributed by atoms with Crippen molar-refractivity contribution in [3.05, 3.63) is 120 Å². The third-order valence-electron chi connectivity index (χ3n) is 5.37. The SMILES string of the molecule is Cc1ccc2nc(COc3cccc(C(=O)Nc4ccc(SCc5cccnc5)cc4)c3)cn2c1. The largest absolute Gasteiger partial charge is 0.487 e. The molecule has 0 spiro atoms. The summed E-state index contributed by atoms with van der Waals surface area (Å²) in [6.45, 7) is 2.37. The smallest absolute Gasteiger partial charge is 0.255 e. The van der Waals surface area contributed by atoms with Crippen LogP contribution in [0.15, 0.2) is 102 Å². The molecule has 0 unspecified atom stereocenters. The lowest BCUT2D eigenvalue weighted by Crippen LogP contribution is -2.11. The highest BCUT2D eigenvalue weighted by Crippen LogP contribution is 2.24. The van der Waals surface area contributed by atoms with E-state index >= 15 is 0 Å². The van der Waals surface area contributed by atoms with Gasteiger partial charge in [0.25, 0.3) is 5.91 Å². The summed E-state index contributed by atoms with van der Waals surface area (Å²) in [7, 11) is 0. The molecule has 2 aromatic carbocycles. The van der Waals surface area contributed by atoms with Crippen LogP contribution in [0.25, 0.3) is 5.65 Å². The number of amides is 1. The van der Waals surface area contributed by atoms with Gasteiger partial charge in [0.2, 0.25) is 0 Å². The number of ether oxygens (including phenoxy) is 1. The first-order valence-corrected chi connectivity index (χ1v) is 12.2. The maximum atomic E-state index is 12.8. The Morgan fingerprint density at radius 3 is 2.74 bits per heavy atom. The predicted octanol–water partition coefficient (Wildman–Crippen LogP) is 6.16. The molecular weight excluding hydrogens is 456 g/mol. The molecule has 0 atom stereocenters. The highest BCUT2D eigenvalue weighted by Gasteiger charge is 2.09. The van der Waals surface area contributed by atoms with Crippen LogP contribution < -0.4 is 10.1 Å². The number of rotatable bonds is 8. The van der Waals surface area contributed by atoms with Gasteiger partial charge in [0.05, 0.1) is 5.69 Å². The van der Waals surface area contributed by atoms with Crippen molar-refractivity contribution < 1.29 is 9.53 Å². The Morgan fingerprint density at radius 1 is 1.03 bits per heavy atom. The van der Waals surface area contributed by atoms with Gasteiger partial charge in [-0.3, -0.25) is 9.78 Å². The zero-order valence-electron chi connectivity index (χ0n) is 19.2. The summed E-state index contributed by atoms with van der Waals surface area (Å²) in [5.74, 6) is 1.28. The average molecular weight is 481 g/mol. The number of aromatic nitrogens is 3. The van der Waals surface area contributed by atoms with Gasteiger partial charge in [-0.2, -0.15) is 0 Å². The second-order valence-electron chi connectivity index (χ2n) is 8.15.